The van der Waals surface area contributed by atoms with Crippen molar-refractivity contribution in [3.8, 4) is 0 Å². The van der Waals surface area contributed by atoms with Crippen molar-refractivity contribution in [3.63, 3.8) is 0 Å². The van der Waals surface area contributed by atoms with Gasteiger partial charge in [-0.05, 0) is 30.0 Å². The first kappa shape index (κ1) is 15.2. The molecule has 0 saturated carbocycles. The first-order chi connectivity index (χ1) is 7.46. The number of aliphatic hydroxyl groups is 1. The molecule has 1 unspecified atom stereocenters. The molecular weight excluding hydrogens is 230 g/mol. The summed E-state index contributed by atoms with van der Waals surface area (Å²) in [6.45, 7) is 17.0. The number of β-amino-alcohol motifs (C(OH)–C–C–N with tert-alkyl or cyclic N) is 1. The van der Waals surface area contributed by atoms with Gasteiger partial charge >= 0.3 is 0 Å². The second kappa shape index (κ2) is 4.65. The van der Waals surface area contributed by atoms with E-state index < -0.39 is 8.32 Å². The van der Waals surface area contributed by atoms with Gasteiger partial charge in [-0.15, -0.1) is 0 Å². The smallest absolute Gasteiger partial charge is 0.220 e. The van der Waals surface area contributed by atoms with E-state index in [1.165, 1.54) is 0 Å². The van der Waals surface area contributed by atoms with Crippen LogP contribution in [0.25, 0.3) is 0 Å². The zero-order valence-electron chi connectivity index (χ0n) is 12.5. The van der Waals surface area contributed by atoms with Crippen LogP contribution in [0.1, 0.15) is 41.0 Å². The van der Waals surface area contributed by atoms with Gasteiger partial charge in [-0.2, -0.15) is 5.06 Å². The van der Waals surface area contributed by atoms with Crippen LogP contribution < -0.4 is 0 Å². The lowest BCUT2D eigenvalue weighted by Gasteiger charge is -2.45. The highest BCUT2D eigenvalue weighted by Gasteiger charge is 2.42. The third kappa shape index (κ3) is 3.53. The third-order valence-electron chi connectivity index (χ3n) is 4.45. The summed E-state index contributed by atoms with van der Waals surface area (Å²) in [5.74, 6) is 0. The number of nitrogens with zero attached hydrogens (tertiary/aromatic N) is 1. The summed E-state index contributed by atoms with van der Waals surface area (Å²) in [4.78, 5) is 0. The lowest BCUT2D eigenvalue weighted by molar-refractivity contribution is -0.150. The van der Waals surface area contributed by atoms with E-state index in [1.807, 2.05) is 5.06 Å². The number of rotatable bonds is 2. The van der Waals surface area contributed by atoms with Gasteiger partial charge < -0.3 is 9.63 Å². The van der Waals surface area contributed by atoms with Gasteiger partial charge in [0.15, 0.2) is 0 Å². The molecule has 0 spiro atoms. The number of hydrogen-bond acceptors (Lipinski definition) is 3. The van der Waals surface area contributed by atoms with Crippen LogP contribution in [0, 0.1) is 5.41 Å². The molecule has 0 amide bonds. The molecule has 102 valence electrons. The third-order valence-corrected chi connectivity index (χ3v) is 8.77. The van der Waals surface area contributed by atoms with E-state index in [-0.39, 0.29) is 16.6 Å². The van der Waals surface area contributed by atoms with Gasteiger partial charge in [0.25, 0.3) is 0 Å². The molecule has 0 radical (unpaired) electrons. The van der Waals surface area contributed by atoms with Crippen molar-refractivity contribution in [1.29, 1.82) is 0 Å². The van der Waals surface area contributed by atoms with Crippen molar-refractivity contribution in [2.24, 2.45) is 5.41 Å². The fourth-order valence-corrected chi connectivity index (χ4v) is 2.74. The zero-order valence-corrected chi connectivity index (χ0v) is 13.5. The van der Waals surface area contributed by atoms with E-state index in [9.17, 15) is 5.11 Å². The summed E-state index contributed by atoms with van der Waals surface area (Å²) < 4.78 is 6.22. The minimum absolute atomic E-state index is 0.0211. The molecule has 1 aliphatic rings. The van der Waals surface area contributed by atoms with Crippen molar-refractivity contribution >= 4 is 8.32 Å². The fraction of sp³-hybridized carbons (Fsp3) is 1.00. The van der Waals surface area contributed by atoms with Crippen LogP contribution >= 0.6 is 0 Å². The molecular formula is C13H29NO2Si. The SMILES string of the molecule is CC1(C)CCN(O[Si](C)(C)C(C)(C)C)CC1O. The second-order valence-corrected chi connectivity index (χ2v) is 12.2. The fourth-order valence-electron chi connectivity index (χ4n) is 1.65. The van der Waals surface area contributed by atoms with E-state index in [0.717, 1.165) is 13.0 Å². The summed E-state index contributed by atoms with van der Waals surface area (Å²) in [7, 11) is -1.75. The van der Waals surface area contributed by atoms with Gasteiger partial charge in [-0.3, -0.25) is 0 Å². The molecule has 1 rings (SSSR count). The molecule has 3 nitrogen and oxygen atoms in total. The summed E-state index contributed by atoms with van der Waals surface area (Å²) in [5, 5.41) is 12.3. The molecule has 0 aromatic rings. The predicted octanol–water partition coefficient (Wildman–Crippen LogP) is 3.02. The highest BCUT2D eigenvalue weighted by Crippen LogP contribution is 2.38. The summed E-state index contributed by atoms with van der Waals surface area (Å²) in [6.07, 6.45) is 0.698. The van der Waals surface area contributed by atoms with Crippen LogP contribution in [-0.4, -0.2) is 37.7 Å². The molecule has 1 fully saturated rings. The highest BCUT2D eigenvalue weighted by molar-refractivity contribution is 6.74. The summed E-state index contributed by atoms with van der Waals surface area (Å²) in [6, 6.07) is 0. The van der Waals surface area contributed by atoms with Crippen molar-refractivity contribution in [2.75, 3.05) is 13.1 Å². The summed E-state index contributed by atoms with van der Waals surface area (Å²) in [5.41, 5.74) is 0.0211. The largest absolute Gasteiger partial charge is 0.391 e. The quantitative estimate of drug-likeness (QED) is 0.774. The molecule has 1 atom stereocenters. The Bertz CT molecular complexity index is 271. The van der Waals surface area contributed by atoms with E-state index in [1.54, 1.807) is 0 Å². The van der Waals surface area contributed by atoms with Gasteiger partial charge in [-0.25, -0.2) is 0 Å². The standard InChI is InChI=1S/C13H29NO2Si/c1-12(2,3)17(6,7)16-14-9-8-13(4,5)11(15)10-14/h11,15H,8-10H2,1-7H3. The maximum Gasteiger partial charge on any atom is 0.220 e. The topological polar surface area (TPSA) is 32.7 Å². The Kier molecular flexibility index (Phi) is 4.14. The predicted molar refractivity (Wildman–Crippen MR) is 74.3 cm³/mol. The molecule has 0 aromatic carbocycles. The zero-order chi connectivity index (χ0) is 13.5. The Morgan fingerprint density at radius 1 is 1.29 bits per heavy atom. The maximum absolute atomic E-state index is 10.1. The van der Waals surface area contributed by atoms with Crippen LogP contribution in [0.4, 0.5) is 0 Å². The molecule has 0 bridgehead atoms. The van der Waals surface area contributed by atoms with Crippen LogP contribution in [0.5, 0.6) is 0 Å². The van der Waals surface area contributed by atoms with E-state index in [2.05, 4.69) is 47.7 Å². The van der Waals surface area contributed by atoms with E-state index >= 15 is 0 Å². The number of aliphatic hydroxyl groups excluding tert-OH is 1. The molecule has 17 heavy (non-hydrogen) atoms. The van der Waals surface area contributed by atoms with Gasteiger partial charge in [0.2, 0.25) is 8.32 Å². The molecule has 0 aromatic heterocycles. The van der Waals surface area contributed by atoms with Crippen molar-refractivity contribution < 1.29 is 9.63 Å². The second-order valence-electron chi connectivity index (χ2n) is 7.49. The minimum atomic E-state index is -1.75. The minimum Gasteiger partial charge on any atom is -0.391 e. The van der Waals surface area contributed by atoms with Crippen molar-refractivity contribution in [1.82, 2.24) is 5.06 Å². The Morgan fingerprint density at radius 2 is 1.82 bits per heavy atom. The first-order valence-corrected chi connectivity index (χ1v) is 9.49. The van der Waals surface area contributed by atoms with Crippen LogP contribution in [0.15, 0.2) is 0 Å². The highest BCUT2D eigenvalue weighted by atomic mass is 28.4. The van der Waals surface area contributed by atoms with E-state index in [4.69, 9.17) is 4.53 Å². The molecule has 1 N–H and O–H groups in total. The van der Waals surface area contributed by atoms with Gasteiger partial charge in [-0.1, -0.05) is 34.6 Å². The van der Waals surface area contributed by atoms with Crippen LogP contribution in [0.3, 0.4) is 0 Å². The Balaban J connectivity index is 2.61. The van der Waals surface area contributed by atoms with Crippen LogP contribution in [0.2, 0.25) is 18.1 Å². The maximum atomic E-state index is 10.1. The van der Waals surface area contributed by atoms with Gasteiger partial charge in [0.1, 0.15) is 0 Å². The molecule has 1 saturated heterocycles. The normalized spacial score (nSPS) is 27.2. The first-order valence-electron chi connectivity index (χ1n) is 6.58. The number of hydroxylamine groups is 2. The van der Waals surface area contributed by atoms with Crippen LogP contribution in [-0.2, 0) is 4.53 Å². The monoisotopic (exact) mass is 259 g/mol. The number of piperidine rings is 1. The van der Waals surface area contributed by atoms with E-state index in [0.29, 0.717) is 6.54 Å². The number of hydrogen-bond donors (Lipinski definition) is 1. The lowest BCUT2D eigenvalue weighted by atomic mass is 9.81. The Hall–Kier alpha value is 0.0969. The Labute approximate surface area is 107 Å². The molecule has 0 aliphatic carbocycles. The molecule has 1 aliphatic heterocycles. The van der Waals surface area contributed by atoms with Crippen molar-refractivity contribution in [2.45, 2.75) is 65.3 Å². The lowest BCUT2D eigenvalue weighted by Crippen LogP contribution is -2.54. The van der Waals surface area contributed by atoms with Gasteiger partial charge in [0.05, 0.1) is 6.10 Å². The van der Waals surface area contributed by atoms with Gasteiger partial charge in [0, 0.05) is 13.1 Å². The molecule has 4 heteroatoms. The average Bonchev–Trinajstić information content (AvgIpc) is 2.09. The van der Waals surface area contributed by atoms with Crippen molar-refractivity contribution in [3.05, 3.63) is 0 Å². The average molecular weight is 259 g/mol. The Morgan fingerprint density at radius 3 is 2.24 bits per heavy atom. The summed E-state index contributed by atoms with van der Waals surface area (Å²) >= 11 is 0. The molecule has 1 heterocycles.